The number of nitrogens with zero attached hydrogens (tertiary/aromatic N) is 1. The Labute approximate surface area is 133 Å². The highest BCUT2D eigenvalue weighted by Crippen LogP contribution is 2.46. The summed E-state index contributed by atoms with van der Waals surface area (Å²) in [5, 5.41) is 11.9. The summed E-state index contributed by atoms with van der Waals surface area (Å²) in [6, 6.07) is 6.64. The summed E-state index contributed by atoms with van der Waals surface area (Å²) in [5.41, 5.74) is -0.536. The summed E-state index contributed by atoms with van der Waals surface area (Å²) in [6.45, 7) is 3.63. The Morgan fingerprint density at radius 1 is 1.30 bits per heavy atom. The minimum atomic E-state index is -1.02. The van der Waals surface area contributed by atoms with Gasteiger partial charge in [-0.15, -0.1) is 0 Å². The van der Waals surface area contributed by atoms with Crippen LogP contribution in [0.2, 0.25) is 0 Å². The number of hydrogen-bond acceptors (Lipinski definition) is 4. The molecule has 2 amide bonds. The number of ether oxygens (including phenoxy) is 1. The van der Waals surface area contributed by atoms with Gasteiger partial charge >= 0.3 is 12.1 Å². The molecule has 23 heavy (non-hydrogen) atoms. The van der Waals surface area contributed by atoms with E-state index in [1.54, 1.807) is 30.3 Å². The quantitative estimate of drug-likeness (QED) is 0.817. The van der Waals surface area contributed by atoms with E-state index in [1.165, 1.54) is 4.90 Å². The molecule has 7 heteroatoms. The van der Waals surface area contributed by atoms with Crippen LogP contribution < -0.4 is 10.1 Å². The van der Waals surface area contributed by atoms with E-state index in [-0.39, 0.29) is 11.9 Å². The van der Waals surface area contributed by atoms with Crippen LogP contribution in [-0.4, -0.2) is 46.1 Å². The van der Waals surface area contributed by atoms with Gasteiger partial charge in [0.25, 0.3) is 0 Å². The normalized spacial score (nSPS) is 27.8. The zero-order valence-electron chi connectivity index (χ0n) is 12.9. The molecule has 2 aliphatic heterocycles. The molecule has 2 aliphatic rings. The summed E-state index contributed by atoms with van der Waals surface area (Å²) < 4.78 is 5.11. The number of hydrogen-bond donors (Lipinski definition) is 2. The standard InChI is InChI=1S/C16H18N2O5/c1-16(2)8-10-11(13(19)18(10)12(16)14(20)21)17-15(22)23-9-6-4-3-5-7-9/h3-7,10-12H,8H2,1-2H3,(H,17,22)(H,20,21)/t10-,11+,12+/m1/s1. The van der Waals surface area contributed by atoms with E-state index in [0.717, 1.165) is 0 Å². The molecule has 1 aromatic rings. The fourth-order valence-electron chi connectivity index (χ4n) is 3.49. The number of rotatable bonds is 3. The molecule has 2 saturated heterocycles. The van der Waals surface area contributed by atoms with Crippen molar-refractivity contribution in [3.8, 4) is 5.75 Å². The number of carbonyl (C=O) groups is 3. The smallest absolute Gasteiger partial charge is 0.413 e. The van der Waals surface area contributed by atoms with Crippen molar-refractivity contribution in [3.63, 3.8) is 0 Å². The predicted molar refractivity (Wildman–Crippen MR) is 79.8 cm³/mol. The molecule has 122 valence electrons. The van der Waals surface area contributed by atoms with E-state index in [4.69, 9.17) is 4.74 Å². The molecule has 0 radical (unpaired) electrons. The van der Waals surface area contributed by atoms with Crippen LogP contribution in [0.1, 0.15) is 20.3 Å². The van der Waals surface area contributed by atoms with Crippen molar-refractivity contribution in [1.82, 2.24) is 10.2 Å². The Morgan fingerprint density at radius 3 is 2.57 bits per heavy atom. The summed E-state index contributed by atoms with van der Waals surface area (Å²) in [5.74, 6) is -1.02. The van der Waals surface area contributed by atoms with Gasteiger partial charge in [0.1, 0.15) is 17.8 Å². The van der Waals surface area contributed by atoms with Crippen molar-refractivity contribution in [1.29, 1.82) is 0 Å². The average Bonchev–Trinajstić information content (AvgIpc) is 2.74. The van der Waals surface area contributed by atoms with E-state index >= 15 is 0 Å². The molecule has 0 bridgehead atoms. The first-order chi connectivity index (χ1) is 10.8. The monoisotopic (exact) mass is 318 g/mol. The number of β-lactam (4-membered cyclic amide) rings is 1. The lowest BCUT2D eigenvalue weighted by Crippen LogP contribution is -2.71. The molecule has 0 unspecified atom stereocenters. The number of carboxylic acid groups (broad SMARTS) is 1. The third kappa shape index (κ3) is 2.52. The minimum absolute atomic E-state index is 0.304. The van der Waals surface area contributed by atoms with Crippen LogP contribution in [0.3, 0.4) is 0 Å². The lowest BCUT2D eigenvalue weighted by molar-refractivity contribution is -0.161. The SMILES string of the molecule is CC1(C)C[C@@H]2[C@H](NC(=O)Oc3ccccc3)C(=O)N2[C@H]1C(=O)O. The third-order valence-corrected chi connectivity index (χ3v) is 4.48. The number of carbonyl (C=O) groups excluding carboxylic acids is 2. The van der Waals surface area contributed by atoms with Crippen molar-refractivity contribution >= 4 is 18.0 Å². The Bertz CT molecular complexity index is 658. The van der Waals surface area contributed by atoms with Crippen LogP contribution in [0.4, 0.5) is 4.79 Å². The topological polar surface area (TPSA) is 95.9 Å². The summed E-state index contributed by atoms with van der Waals surface area (Å²) in [6.07, 6.45) is -0.197. The van der Waals surface area contributed by atoms with Crippen LogP contribution in [0.25, 0.3) is 0 Å². The molecule has 3 rings (SSSR count). The Hall–Kier alpha value is -2.57. The van der Waals surface area contributed by atoms with Gasteiger partial charge in [0.05, 0.1) is 6.04 Å². The van der Waals surface area contributed by atoms with Crippen molar-refractivity contribution < 1.29 is 24.2 Å². The lowest BCUT2D eigenvalue weighted by Gasteiger charge is -2.44. The van der Waals surface area contributed by atoms with Crippen LogP contribution in [0, 0.1) is 5.41 Å². The van der Waals surface area contributed by atoms with Crippen molar-refractivity contribution in [2.45, 2.75) is 38.4 Å². The maximum absolute atomic E-state index is 12.2. The van der Waals surface area contributed by atoms with E-state index in [0.29, 0.717) is 12.2 Å². The van der Waals surface area contributed by atoms with Crippen LogP contribution >= 0.6 is 0 Å². The fourth-order valence-corrected chi connectivity index (χ4v) is 3.49. The first kappa shape index (κ1) is 15.3. The highest BCUT2D eigenvalue weighted by atomic mass is 16.6. The number of benzene rings is 1. The van der Waals surface area contributed by atoms with E-state index in [2.05, 4.69) is 5.32 Å². The van der Waals surface area contributed by atoms with Crippen molar-refractivity contribution in [2.24, 2.45) is 5.41 Å². The van der Waals surface area contributed by atoms with Gasteiger partial charge in [0.15, 0.2) is 0 Å². The zero-order chi connectivity index (χ0) is 16.8. The van der Waals surface area contributed by atoms with Gasteiger partial charge in [-0.2, -0.15) is 0 Å². The van der Waals surface area contributed by atoms with Gasteiger partial charge < -0.3 is 20.1 Å². The summed E-state index contributed by atoms with van der Waals surface area (Å²) in [7, 11) is 0. The molecule has 0 aromatic heterocycles. The second-order valence-corrected chi connectivity index (χ2v) is 6.57. The zero-order valence-corrected chi connectivity index (χ0v) is 12.9. The number of carboxylic acids is 1. The molecule has 7 nitrogen and oxygen atoms in total. The molecule has 2 fully saturated rings. The fraction of sp³-hybridized carbons (Fsp3) is 0.438. The van der Waals surface area contributed by atoms with Gasteiger partial charge in [-0.1, -0.05) is 32.0 Å². The van der Waals surface area contributed by atoms with Gasteiger partial charge in [-0.3, -0.25) is 4.79 Å². The minimum Gasteiger partial charge on any atom is -0.480 e. The summed E-state index contributed by atoms with van der Waals surface area (Å²) >= 11 is 0. The maximum Gasteiger partial charge on any atom is 0.413 e. The van der Waals surface area contributed by atoms with Crippen molar-refractivity contribution in [3.05, 3.63) is 30.3 Å². The molecule has 2 heterocycles. The largest absolute Gasteiger partial charge is 0.480 e. The predicted octanol–water partition coefficient (Wildman–Crippen LogP) is 1.24. The Kier molecular flexibility index (Phi) is 3.50. The molecular weight excluding hydrogens is 300 g/mol. The van der Waals surface area contributed by atoms with Crippen LogP contribution in [0.5, 0.6) is 5.75 Å². The Balaban J connectivity index is 1.66. The molecule has 0 spiro atoms. The molecular formula is C16H18N2O5. The van der Waals surface area contributed by atoms with Crippen molar-refractivity contribution in [2.75, 3.05) is 0 Å². The number of fused-ring (bicyclic) bond motifs is 1. The first-order valence-electron chi connectivity index (χ1n) is 7.39. The van der Waals surface area contributed by atoms with Gasteiger partial charge in [0.2, 0.25) is 5.91 Å². The van der Waals surface area contributed by atoms with Gasteiger partial charge in [-0.25, -0.2) is 9.59 Å². The molecule has 3 atom stereocenters. The van der Waals surface area contributed by atoms with Crippen LogP contribution in [-0.2, 0) is 9.59 Å². The van der Waals surface area contributed by atoms with E-state index in [1.807, 2.05) is 13.8 Å². The second kappa shape index (κ2) is 5.26. The highest BCUT2D eigenvalue weighted by Gasteiger charge is 2.63. The van der Waals surface area contributed by atoms with Gasteiger partial charge in [0, 0.05) is 0 Å². The number of nitrogens with one attached hydrogen (secondary N) is 1. The number of aliphatic carboxylic acids is 1. The number of amides is 2. The number of para-hydroxylation sites is 1. The van der Waals surface area contributed by atoms with Crippen LogP contribution in [0.15, 0.2) is 30.3 Å². The first-order valence-corrected chi connectivity index (χ1v) is 7.39. The van der Waals surface area contributed by atoms with Gasteiger partial charge in [-0.05, 0) is 24.0 Å². The molecule has 2 N–H and O–H groups in total. The average molecular weight is 318 g/mol. The maximum atomic E-state index is 12.2. The van der Waals surface area contributed by atoms with E-state index in [9.17, 15) is 19.5 Å². The molecule has 0 saturated carbocycles. The third-order valence-electron chi connectivity index (χ3n) is 4.48. The molecule has 1 aromatic carbocycles. The highest BCUT2D eigenvalue weighted by molar-refractivity contribution is 5.97. The molecule has 0 aliphatic carbocycles. The Morgan fingerprint density at radius 2 is 1.96 bits per heavy atom. The van der Waals surface area contributed by atoms with E-state index < -0.39 is 29.6 Å². The summed E-state index contributed by atoms with van der Waals surface area (Å²) in [4.78, 5) is 36.9. The second-order valence-electron chi connectivity index (χ2n) is 6.57. The lowest BCUT2D eigenvalue weighted by atomic mass is 9.83.